The molecule has 0 bridgehead atoms. The van der Waals surface area contributed by atoms with Crippen molar-refractivity contribution < 1.29 is 14.0 Å². The summed E-state index contributed by atoms with van der Waals surface area (Å²) in [5.74, 6) is -0.462. The van der Waals surface area contributed by atoms with E-state index in [0.29, 0.717) is 31.5 Å². The summed E-state index contributed by atoms with van der Waals surface area (Å²) in [6, 6.07) is 15.3. The normalized spacial score (nSPS) is 14.7. The van der Waals surface area contributed by atoms with Crippen LogP contribution in [0.1, 0.15) is 18.4 Å². The first-order valence-electron chi connectivity index (χ1n) is 8.75. The van der Waals surface area contributed by atoms with E-state index in [1.807, 2.05) is 30.3 Å². The van der Waals surface area contributed by atoms with Crippen LogP contribution >= 0.6 is 0 Å². The van der Waals surface area contributed by atoms with E-state index in [4.69, 9.17) is 0 Å². The molecule has 0 aromatic heterocycles. The Balaban J connectivity index is 1.43. The number of likely N-dealkylation sites (tertiary alicyclic amines) is 1. The second-order valence-electron chi connectivity index (χ2n) is 6.43. The van der Waals surface area contributed by atoms with Crippen LogP contribution in [0.5, 0.6) is 0 Å². The summed E-state index contributed by atoms with van der Waals surface area (Å²) >= 11 is 0. The van der Waals surface area contributed by atoms with Gasteiger partial charge >= 0.3 is 6.03 Å². The van der Waals surface area contributed by atoms with Crippen molar-refractivity contribution >= 4 is 17.6 Å². The molecule has 26 heavy (non-hydrogen) atoms. The predicted octanol–water partition coefficient (Wildman–Crippen LogP) is 3.18. The monoisotopic (exact) mass is 355 g/mol. The van der Waals surface area contributed by atoms with Crippen LogP contribution in [0.2, 0.25) is 0 Å². The molecule has 2 N–H and O–H groups in total. The number of hydrogen-bond acceptors (Lipinski definition) is 2. The van der Waals surface area contributed by atoms with Gasteiger partial charge in [0.25, 0.3) is 0 Å². The SMILES string of the molecule is O=C(Cc1cccc(F)c1)NC1CCN(C(=O)Nc2ccccc2)CC1. The van der Waals surface area contributed by atoms with E-state index in [0.717, 1.165) is 5.69 Å². The van der Waals surface area contributed by atoms with Gasteiger partial charge in [0, 0.05) is 24.8 Å². The van der Waals surface area contributed by atoms with Gasteiger partial charge in [0.05, 0.1) is 6.42 Å². The second-order valence-corrected chi connectivity index (χ2v) is 6.43. The standard InChI is InChI=1S/C20H22FN3O2/c21-16-6-4-5-15(13-16)14-19(25)22-18-9-11-24(12-10-18)20(26)23-17-7-2-1-3-8-17/h1-8,13,18H,9-12,14H2,(H,22,25)(H,23,26). The predicted molar refractivity (Wildman–Crippen MR) is 98.3 cm³/mol. The third kappa shape index (κ3) is 5.05. The molecule has 3 amide bonds. The summed E-state index contributed by atoms with van der Waals surface area (Å²) in [5.41, 5.74) is 1.42. The highest BCUT2D eigenvalue weighted by molar-refractivity contribution is 5.89. The van der Waals surface area contributed by atoms with Gasteiger partial charge in [-0.2, -0.15) is 0 Å². The number of urea groups is 1. The number of carbonyl (C=O) groups is 2. The maximum Gasteiger partial charge on any atom is 0.321 e. The molecule has 1 saturated heterocycles. The molecule has 0 radical (unpaired) electrons. The Bertz CT molecular complexity index is 759. The summed E-state index contributed by atoms with van der Waals surface area (Å²) in [7, 11) is 0. The molecular formula is C20H22FN3O2. The topological polar surface area (TPSA) is 61.4 Å². The first-order chi connectivity index (χ1) is 12.6. The minimum atomic E-state index is -0.340. The van der Waals surface area contributed by atoms with Crippen molar-refractivity contribution in [3.05, 3.63) is 66.0 Å². The molecule has 0 spiro atoms. The number of carbonyl (C=O) groups excluding carboxylic acids is 2. The molecule has 136 valence electrons. The summed E-state index contributed by atoms with van der Waals surface area (Å²) in [5, 5.41) is 5.85. The van der Waals surface area contributed by atoms with Gasteiger partial charge in [0.1, 0.15) is 5.82 Å². The number of para-hydroxylation sites is 1. The van der Waals surface area contributed by atoms with Gasteiger partial charge < -0.3 is 15.5 Å². The van der Waals surface area contributed by atoms with Crippen LogP contribution in [-0.2, 0) is 11.2 Å². The van der Waals surface area contributed by atoms with Crippen molar-refractivity contribution in [2.24, 2.45) is 0 Å². The van der Waals surface area contributed by atoms with E-state index < -0.39 is 0 Å². The summed E-state index contributed by atoms with van der Waals surface area (Å²) < 4.78 is 13.2. The highest BCUT2D eigenvalue weighted by Crippen LogP contribution is 2.14. The number of nitrogens with one attached hydrogen (secondary N) is 2. The Morgan fingerprint density at radius 1 is 1.04 bits per heavy atom. The van der Waals surface area contributed by atoms with Crippen molar-refractivity contribution in [2.45, 2.75) is 25.3 Å². The first kappa shape index (κ1) is 17.9. The molecular weight excluding hydrogens is 333 g/mol. The number of piperidine rings is 1. The number of hydrogen-bond donors (Lipinski definition) is 2. The van der Waals surface area contributed by atoms with E-state index in [1.165, 1.54) is 12.1 Å². The fraction of sp³-hybridized carbons (Fsp3) is 0.300. The molecule has 2 aromatic carbocycles. The lowest BCUT2D eigenvalue weighted by Crippen LogP contribution is -2.48. The molecule has 2 aromatic rings. The molecule has 3 rings (SSSR count). The average molecular weight is 355 g/mol. The zero-order valence-electron chi connectivity index (χ0n) is 14.5. The third-order valence-corrected chi connectivity index (χ3v) is 4.43. The van der Waals surface area contributed by atoms with Crippen LogP contribution in [0.15, 0.2) is 54.6 Å². The van der Waals surface area contributed by atoms with E-state index >= 15 is 0 Å². The minimum Gasteiger partial charge on any atom is -0.353 e. The maximum atomic E-state index is 13.2. The Hall–Kier alpha value is -2.89. The van der Waals surface area contributed by atoms with Crippen molar-refractivity contribution in [3.8, 4) is 0 Å². The largest absolute Gasteiger partial charge is 0.353 e. The zero-order valence-corrected chi connectivity index (χ0v) is 14.5. The maximum absolute atomic E-state index is 13.2. The van der Waals surface area contributed by atoms with E-state index in [1.54, 1.807) is 17.0 Å². The van der Waals surface area contributed by atoms with Crippen molar-refractivity contribution in [1.29, 1.82) is 0 Å². The van der Waals surface area contributed by atoms with Gasteiger partial charge in [0.15, 0.2) is 0 Å². The van der Waals surface area contributed by atoms with Crippen LogP contribution < -0.4 is 10.6 Å². The van der Waals surface area contributed by atoms with E-state index in [2.05, 4.69) is 10.6 Å². The molecule has 1 heterocycles. The Kier molecular flexibility index (Phi) is 5.84. The summed E-state index contributed by atoms with van der Waals surface area (Å²) in [6.07, 6.45) is 1.57. The number of nitrogens with zero attached hydrogens (tertiary/aromatic N) is 1. The van der Waals surface area contributed by atoms with Crippen LogP contribution in [-0.4, -0.2) is 36.0 Å². The zero-order chi connectivity index (χ0) is 18.4. The number of rotatable bonds is 4. The molecule has 1 aliphatic rings. The number of benzene rings is 2. The fourth-order valence-electron chi connectivity index (χ4n) is 3.06. The van der Waals surface area contributed by atoms with Crippen molar-refractivity contribution in [2.75, 3.05) is 18.4 Å². The number of amides is 3. The van der Waals surface area contributed by atoms with Crippen molar-refractivity contribution in [3.63, 3.8) is 0 Å². The molecule has 0 aliphatic carbocycles. The van der Waals surface area contributed by atoms with Gasteiger partial charge in [-0.15, -0.1) is 0 Å². The first-order valence-corrected chi connectivity index (χ1v) is 8.75. The number of anilines is 1. The molecule has 0 saturated carbocycles. The molecule has 0 unspecified atom stereocenters. The van der Waals surface area contributed by atoms with Crippen LogP contribution in [0.4, 0.5) is 14.9 Å². The second kappa shape index (κ2) is 8.47. The minimum absolute atomic E-state index is 0.0387. The molecule has 1 aliphatic heterocycles. The van der Waals surface area contributed by atoms with E-state index in [9.17, 15) is 14.0 Å². The summed E-state index contributed by atoms with van der Waals surface area (Å²) in [4.78, 5) is 26.1. The van der Waals surface area contributed by atoms with Crippen LogP contribution in [0.25, 0.3) is 0 Å². The van der Waals surface area contributed by atoms with Gasteiger partial charge in [-0.3, -0.25) is 4.79 Å². The highest BCUT2D eigenvalue weighted by atomic mass is 19.1. The molecule has 6 heteroatoms. The van der Waals surface area contributed by atoms with Gasteiger partial charge in [-0.05, 0) is 42.7 Å². The number of halogens is 1. The van der Waals surface area contributed by atoms with Crippen LogP contribution in [0.3, 0.4) is 0 Å². The lowest BCUT2D eigenvalue weighted by Gasteiger charge is -2.32. The molecule has 0 atom stereocenters. The Morgan fingerprint density at radius 2 is 1.77 bits per heavy atom. The Morgan fingerprint density at radius 3 is 2.46 bits per heavy atom. The van der Waals surface area contributed by atoms with Crippen LogP contribution in [0, 0.1) is 5.82 Å². The highest BCUT2D eigenvalue weighted by Gasteiger charge is 2.23. The lowest BCUT2D eigenvalue weighted by atomic mass is 10.0. The molecule has 1 fully saturated rings. The van der Waals surface area contributed by atoms with Crippen molar-refractivity contribution in [1.82, 2.24) is 10.2 Å². The van der Waals surface area contributed by atoms with E-state index in [-0.39, 0.29) is 30.2 Å². The molecule has 5 nitrogen and oxygen atoms in total. The van der Waals surface area contributed by atoms with Gasteiger partial charge in [-0.25, -0.2) is 9.18 Å². The quantitative estimate of drug-likeness (QED) is 0.885. The average Bonchev–Trinajstić information content (AvgIpc) is 2.63. The Labute approximate surface area is 152 Å². The fourth-order valence-corrected chi connectivity index (χ4v) is 3.06. The van der Waals surface area contributed by atoms with Gasteiger partial charge in [-0.1, -0.05) is 30.3 Å². The third-order valence-electron chi connectivity index (χ3n) is 4.43. The smallest absolute Gasteiger partial charge is 0.321 e. The summed E-state index contributed by atoms with van der Waals surface area (Å²) in [6.45, 7) is 1.17. The van der Waals surface area contributed by atoms with Gasteiger partial charge in [0.2, 0.25) is 5.91 Å². The lowest BCUT2D eigenvalue weighted by molar-refractivity contribution is -0.121.